The van der Waals surface area contributed by atoms with E-state index in [1.54, 1.807) is 12.1 Å². The predicted octanol–water partition coefficient (Wildman–Crippen LogP) is 0.385. The maximum atomic E-state index is 15.0. The molecule has 1 saturated carbocycles. The summed E-state index contributed by atoms with van der Waals surface area (Å²) in [4.78, 5) is 41.0. The number of hydrogen-bond acceptors (Lipinski definition) is 6. The van der Waals surface area contributed by atoms with Gasteiger partial charge in [0.25, 0.3) is 0 Å². The van der Waals surface area contributed by atoms with Crippen LogP contribution in [0.4, 0.5) is 20.6 Å². The highest BCUT2D eigenvalue weighted by molar-refractivity contribution is 5.90. The second kappa shape index (κ2) is 8.00. The lowest BCUT2D eigenvalue weighted by molar-refractivity contribution is -0.768. The predicted molar refractivity (Wildman–Crippen MR) is 112 cm³/mol. The summed E-state index contributed by atoms with van der Waals surface area (Å²) in [5.74, 6) is 0.208. The summed E-state index contributed by atoms with van der Waals surface area (Å²) in [6, 6.07) is 4.65. The maximum Gasteiger partial charge on any atom is 0.414 e. The number of hydrogen-bond donors (Lipinski definition) is 1. The molecule has 3 aliphatic heterocycles. The molecule has 10 heteroatoms. The Morgan fingerprint density at radius 1 is 1.16 bits per heavy atom. The van der Waals surface area contributed by atoms with E-state index < -0.39 is 29.0 Å². The van der Waals surface area contributed by atoms with Crippen LogP contribution in [0.2, 0.25) is 0 Å². The number of quaternary nitrogens is 1. The first-order valence-corrected chi connectivity index (χ1v) is 11.2. The molecule has 3 saturated heterocycles. The van der Waals surface area contributed by atoms with Crippen LogP contribution in [0.1, 0.15) is 19.8 Å². The highest BCUT2D eigenvalue weighted by Gasteiger charge is 2.45. The van der Waals surface area contributed by atoms with Gasteiger partial charge < -0.3 is 24.8 Å². The molecule has 9 nitrogen and oxygen atoms in total. The molecule has 172 valence electrons. The van der Waals surface area contributed by atoms with Crippen LogP contribution < -0.4 is 14.9 Å². The van der Waals surface area contributed by atoms with Crippen molar-refractivity contribution in [2.45, 2.75) is 25.9 Å². The molecular formula is C22H27FN4O5. The Labute approximate surface area is 185 Å². The fraction of sp³-hybridized carbons (Fsp3) is 0.591. The van der Waals surface area contributed by atoms with Gasteiger partial charge in [0.1, 0.15) is 12.4 Å². The molecule has 4 atom stereocenters. The minimum Gasteiger partial charge on any atom is -0.627 e. The summed E-state index contributed by atoms with van der Waals surface area (Å²) >= 11 is 0. The van der Waals surface area contributed by atoms with Crippen LogP contribution >= 0.6 is 0 Å². The first-order chi connectivity index (χ1) is 15.3. The van der Waals surface area contributed by atoms with E-state index in [1.807, 2.05) is 9.80 Å². The third kappa shape index (κ3) is 3.93. The summed E-state index contributed by atoms with van der Waals surface area (Å²) in [6.07, 6.45) is 0.634. The number of likely N-dealkylation sites (tertiary alicyclic amines) is 1. The first kappa shape index (κ1) is 21.1. The minimum atomic E-state index is -0.721. The normalized spacial score (nSPS) is 28.2. The van der Waals surface area contributed by atoms with Crippen LogP contribution in [-0.4, -0.2) is 68.2 Å². The number of nitrogens with one attached hydrogen (secondary N) is 1. The molecule has 2 unspecified atom stereocenters. The van der Waals surface area contributed by atoms with Gasteiger partial charge in [0.2, 0.25) is 5.91 Å². The average Bonchev–Trinajstić information content (AvgIpc) is 3.26. The molecule has 0 spiro atoms. The molecule has 5 rings (SSSR count). The van der Waals surface area contributed by atoms with Crippen molar-refractivity contribution in [2.24, 2.45) is 17.8 Å². The second-order valence-corrected chi connectivity index (χ2v) is 9.38. The van der Waals surface area contributed by atoms with E-state index in [9.17, 15) is 19.6 Å². The molecule has 1 aromatic carbocycles. The molecule has 3 amide bonds. The fourth-order valence-corrected chi connectivity index (χ4v) is 5.07. The molecule has 1 aliphatic carbocycles. The average molecular weight is 446 g/mol. The van der Waals surface area contributed by atoms with Crippen molar-refractivity contribution in [3.8, 4) is 0 Å². The second-order valence-electron chi connectivity index (χ2n) is 9.38. The van der Waals surface area contributed by atoms with E-state index in [0.29, 0.717) is 36.3 Å². The van der Waals surface area contributed by atoms with Gasteiger partial charge in [-0.15, -0.1) is 0 Å². The Hall–Kier alpha value is -2.72. The zero-order valence-electron chi connectivity index (χ0n) is 18.0. The number of fused-ring (bicyclic) bond motifs is 1. The number of carbonyl (C=O) groups is 3. The number of halogens is 1. The maximum absolute atomic E-state index is 15.0. The number of rotatable bonds is 5. The van der Waals surface area contributed by atoms with Crippen molar-refractivity contribution >= 4 is 29.3 Å². The van der Waals surface area contributed by atoms with Crippen molar-refractivity contribution < 1.29 is 28.6 Å². The van der Waals surface area contributed by atoms with E-state index in [1.165, 1.54) is 17.9 Å². The highest BCUT2D eigenvalue weighted by atomic mass is 19.1. The smallest absolute Gasteiger partial charge is 0.414 e. The van der Waals surface area contributed by atoms with Crippen LogP contribution in [0.5, 0.6) is 0 Å². The van der Waals surface area contributed by atoms with Crippen LogP contribution in [0.15, 0.2) is 18.2 Å². The molecule has 0 radical (unpaired) electrons. The number of cyclic esters (lactones) is 1. The van der Waals surface area contributed by atoms with Gasteiger partial charge in [0.15, 0.2) is 6.10 Å². The molecule has 0 bridgehead atoms. The Morgan fingerprint density at radius 3 is 2.44 bits per heavy atom. The van der Waals surface area contributed by atoms with Gasteiger partial charge in [-0.05, 0) is 31.0 Å². The third-order valence-corrected chi connectivity index (χ3v) is 6.99. The molecule has 4 aliphatic rings. The number of benzene rings is 1. The molecule has 3 heterocycles. The van der Waals surface area contributed by atoms with Gasteiger partial charge >= 0.3 is 12.0 Å². The van der Waals surface area contributed by atoms with E-state index in [0.717, 1.165) is 25.9 Å². The number of carbonyl (C=O) groups excluding carboxylic acids is 3. The summed E-state index contributed by atoms with van der Waals surface area (Å²) in [5.41, 5.74) is 0.841. The SMILES string of the molecule is CC(=O)[NH+]([O-])CC1CN(c2ccc(N3C[C@H]4CN(C(=O)C5CC5)C[C@H]4C3)c(F)c2)C(=O)O1. The van der Waals surface area contributed by atoms with E-state index in [4.69, 9.17) is 4.74 Å². The lowest BCUT2D eigenvalue weighted by Gasteiger charge is -2.24. The lowest BCUT2D eigenvalue weighted by Crippen LogP contribution is -3.10. The topological polar surface area (TPSA) is 97.7 Å². The highest BCUT2D eigenvalue weighted by Crippen LogP contribution is 2.39. The van der Waals surface area contributed by atoms with E-state index in [-0.39, 0.29) is 24.9 Å². The van der Waals surface area contributed by atoms with Crippen molar-refractivity contribution in [3.05, 3.63) is 29.2 Å². The van der Waals surface area contributed by atoms with Crippen molar-refractivity contribution in [1.82, 2.24) is 4.90 Å². The number of nitrogens with zero attached hydrogens (tertiary/aromatic N) is 3. The van der Waals surface area contributed by atoms with Gasteiger partial charge in [-0.3, -0.25) is 9.69 Å². The molecular weight excluding hydrogens is 419 g/mol. The monoisotopic (exact) mass is 446 g/mol. The van der Waals surface area contributed by atoms with E-state index in [2.05, 4.69) is 0 Å². The van der Waals surface area contributed by atoms with Crippen LogP contribution in [-0.2, 0) is 14.3 Å². The Bertz CT molecular complexity index is 940. The van der Waals surface area contributed by atoms with Crippen LogP contribution in [0, 0.1) is 28.8 Å². The summed E-state index contributed by atoms with van der Waals surface area (Å²) in [7, 11) is 0. The standard InChI is InChI=1S/C22H27FN4O5/c1-13(28)27(31)12-18-11-26(22(30)32-18)17-4-5-20(19(23)6-17)24-7-15-9-25(10-16(15)8-24)21(29)14-2-3-14/h4-6,14-16,18,27H,2-3,7-12H2,1H3/t15-,16+,18?. The quantitative estimate of drug-likeness (QED) is 0.657. The van der Waals surface area contributed by atoms with E-state index >= 15 is 4.39 Å². The van der Waals surface area contributed by atoms with Crippen molar-refractivity contribution in [1.29, 1.82) is 0 Å². The zero-order valence-corrected chi connectivity index (χ0v) is 18.0. The van der Waals surface area contributed by atoms with Crippen molar-refractivity contribution in [2.75, 3.05) is 49.1 Å². The van der Waals surface area contributed by atoms with Crippen LogP contribution in [0.25, 0.3) is 0 Å². The number of anilines is 2. The number of ether oxygens (including phenoxy) is 1. The minimum absolute atomic E-state index is 0.0926. The van der Waals surface area contributed by atoms with Crippen LogP contribution in [0.3, 0.4) is 0 Å². The Kier molecular flexibility index (Phi) is 5.29. The largest absolute Gasteiger partial charge is 0.627 e. The summed E-state index contributed by atoms with van der Waals surface area (Å²) in [5, 5.41) is 11.0. The first-order valence-electron chi connectivity index (χ1n) is 11.2. The van der Waals surface area contributed by atoms with Gasteiger partial charge in [-0.25, -0.2) is 14.0 Å². The van der Waals surface area contributed by atoms with Gasteiger partial charge in [-0.2, -0.15) is 0 Å². The molecule has 32 heavy (non-hydrogen) atoms. The molecule has 4 fully saturated rings. The number of amides is 3. The fourth-order valence-electron chi connectivity index (χ4n) is 5.07. The van der Waals surface area contributed by atoms with Gasteiger partial charge in [0, 0.05) is 43.9 Å². The molecule has 0 aromatic heterocycles. The van der Waals surface area contributed by atoms with Gasteiger partial charge in [0.05, 0.1) is 24.8 Å². The molecule has 1 N–H and O–H groups in total. The third-order valence-electron chi connectivity index (χ3n) is 6.99. The lowest BCUT2D eigenvalue weighted by atomic mass is 10.0. The number of hydroxylamine groups is 2. The van der Waals surface area contributed by atoms with Crippen molar-refractivity contribution in [3.63, 3.8) is 0 Å². The zero-order chi connectivity index (χ0) is 22.6. The van der Waals surface area contributed by atoms with Gasteiger partial charge in [-0.1, -0.05) is 0 Å². The molecule has 1 aromatic rings. The Morgan fingerprint density at radius 2 is 1.84 bits per heavy atom. The summed E-state index contributed by atoms with van der Waals surface area (Å²) in [6.45, 7) is 4.00. The Balaban J connectivity index is 1.22. The summed E-state index contributed by atoms with van der Waals surface area (Å²) < 4.78 is 20.2.